The van der Waals surface area contributed by atoms with Gasteiger partial charge >= 0.3 is 0 Å². The lowest BCUT2D eigenvalue weighted by Crippen LogP contribution is -2.45. The first kappa shape index (κ1) is 12.1. The monoisotopic (exact) mass is 233 g/mol. The summed E-state index contributed by atoms with van der Waals surface area (Å²) < 4.78 is 0. The Labute approximate surface area is 102 Å². The Morgan fingerprint density at radius 1 is 1.41 bits per heavy atom. The molecular weight excluding hydrogens is 214 g/mol. The predicted molar refractivity (Wildman–Crippen MR) is 68.4 cm³/mol. The Kier molecular flexibility index (Phi) is 2.96. The van der Waals surface area contributed by atoms with Gasteiger partial charge in [0.2, 0.25) is 0 Å². The van der Waals surface area contributed by atoms with E-state index in [1.165, 1.54) is 0 Å². The van der Waals surface area contributed by atoms with Gasteiger partial charge in [0.1, 0.15) is 0 Å². The van der Waals surface area contributed by atoms with Crippen molar-refractivity contribution in [3.8, 4) is 0 Å². The number of hydrogen-bond acceptors (Lipinski definition) is 3. The number of rotatable bonds is 2. The molecule has 0 saturated carbocycles. The summed E-state index contributed by atoms with van der Waals surface area (Å²) in [6, 6.07) is 5.59. The van der Waals surface area contributed by atoms with Gasteiger partial charge in [-0.05, 0) is 13.0 Å². The van der Waals surface area contributed by atoms with Crippen molar-refractivity contribution >= 4 is 11.5 Å². The van der Waals surface area contributed by atoms with Crippen molar-refractivity contribution in [2.75, 3.05) is 18.0 Å². The molecule has 3 nitrogen and oxygen atoms in total. The summed E-state index contributed by atoms with van der Waals surface area (Å²) in [6.45, 7) is 7.57. The second-order valence-corrected chi connectivity index (χ2v) is 5.20. The minimum atomic E-state index is -0.350. The van der Waals surface area contributed by atoms with Gasteiger partial charge in [0, 0.05) is 29.6 Å². The minimum Gasteiger partial charge on any atom is -0.392 e. The molecular formula is C14H19NO2. The van der Waals surface area contributed by atoms with Crippen LogP contribution in [0.2, 0.25) is 0 Å². The molecule has 1 aliphatic heterocycles. The lowest BCUT2D eigenvalue weighted by molar-refractivity contribution is 0.0834. The Balaban J connectivity index is 2.62. The van der Waals surface area contributed by atoms with Gasteiger partial charge in [-0.15, -0.1) is 0 Å². The molecule has 1 aliphatic rings. The van der Waals surface area contributed by atoms with Crippen molar-refractivity contribution in [3.63, 3.8) is 0 Å². The van der Waals surface area contributed by atoms with E-state index in [-0.39, 0.29) is 17.8 Å². The highest BCUT2D eigenvalue weighted by molar-refractivity contribution is 6.07. The van der Waals surface area contributed by atoms with Crippen molar-refractivity contribution in [3.05, 3.63) is 29.3 Å². The van der Waals surface area contributed by atoms with Gasteiger partial charge < -0.3 is 10.0 Å². The van der Waals surface area contributed by atoms with E-state index in [1.807, 2.05) is 32.0 Å². The third-order valence-corrected chi connectivity index (χ3v) is 3.43. The van der Waals surface area contributed by atoms with Crippen LogP contribution >= 0.6 is 0 Å². The molecule has 0 aromatic heterocycles. The average Bonchev–Trinajstić information content (AvgIpc) is 2.33. The average molecular weight is 233 g/mol. The highest BCUT2D eigenvalue weighted by atomic mass is 16.3. The van der Waals surface area contributed by atoms with Crippen LogP contribution < -0.4 is 4.90 Å². The van der Waals surface area contributed by atoms with Crippen molar-refractivity contribution < 1.29 is 9.90 Å². The zero-order chi connectivity index (χ0) is 12.6. The number of hydrogen-bond donors (Lipinski definition) is 1. The first-order valence-corrected chi connectivity index (χ1v) is 6.03. The smallest absolute Gasteiger partial charge is 0.172 e. The third-order valence-electron chi connectivity index (χ3n) is 3.43. The summed E-state index contributed by atoms with van der Waals surface area (Å²) in [5.74, 6) is 0.174. The fourth-order valence-corrected chi connectivity index (χ4v) is 2.54. The molecule has 0 saturated heterocycles. The van der Waals surface area contributed by atoms with Gasteiger partial charge in [-0.3, -0.25) is 4.79 Å². The Bertz CT molecular complexity index is 452. The number of nitrogens with zero attached hydrogens (tertiary/aromatic N) is 1. The highest BCUT2D eigenvalue weighted by Gasteiger charge is 2.38. The summed E-state index contributed by atoms with van der Waals surface area (Å²) in [6.07, 6.45) is 0. The molecule has 0 atom stereocenters. The topological polar surface area (TPSA) is 40.5 Å². The maximum atomic E-state index is 12.4. The molecule has 0 bridgehead atoms. The molecule has 1 N–H and O–H groups in total. The van der Waals surface area contributed by atoms with Gasteiger partial charge in [-0.25, -0.2) is 0 Å². The fourth-order valence-electron chi connectivity index (χ4n) is 2.54. The van der Waals surface area contributed by atoms with Crippen LogP contribution in [0.4, 0.5) is 5.69 Å². The first-order chi connectivity index (χ1) is 8.01. The third kappa shape index (κ3) is 1.84. The normalized spacial score (nSPS) is 18.1. The molecule has 0 radical (unpaired) electrons. The lowest BCUT2D eigenvalue weighted by atomic mass is 9.79. The number of anilines is 1. The van der Waals surface area contributed by atoms with E-state index in [2.05, 4.69) is 11.8 Å². The Hall–Kier alpha value is -1.35. The Morgan fingerprint density at radius 2 is 2.12 bits per heavy atom. The number of aliphatic hydroxyl groups excluding tert-OH is 1. The molecule has 0 amide bonds. The summed E-state index contributed by atoms with van der Waals surface area (Å²) in [7, 11) is 0. The number of benzene rings is 1. The summed E-state index contributed by atoms with van der Waals surface area (Å²) in [5, 5.41) is 9.39. The molecule has 1 aromatic rings. The Morgan fingerprint density at radius 3 is 2.71 bits per heavy atom. The standard InChI is InChI=1S/C14H19NO2/c1-4-15-9-14(2,3)13(17)11-7-5-6-10(8-16)12(11)15/h5-7,16H,4,8-9H2,1-3H3. The first-order valence-electron chi connectivity index (χ1n) is 6.03. The summed E-state index contributed by atoms with van der Waals surface area (Å²) in [4.78, 5) is 14.5. The van der Waals surface area contributed by atoms with Crippen LogP contribution in [0.1, 0.15) is 36.7 Å². The van der Waals surface area contributed by atoms with E-state index in [0.717, 1.165) is 23.4 Å². The predicted octanol–water partition coefficient (Wildman–Crippen LogP) is 2.23. The number of carbonyl (C=O) groups is 1. The maximum Gasteiger partial charge on any atom is 0.172 e. The van der Waals surface area contributed by atoms with E-state index < -0.39 is 0 Å². The van der Waals surface area contributed by atoms with Crippen LogP contribution in [0.25, 0.3) is 0 Å². The number of carbonyl (C=O) groups excluding carboxylic acids is 1. The number of ketones is 1. The van der Waals surface area contributed by atoms with Crippen LogP contribution in [0, 0.1) is 5.41 Å². The van der Waals surface area contributed by atoms with Crippen LogP contribution in [-0.2, 0) is 6.61 Å². The molecule has 1 heterocycles. The SMILES string of the molecule is CCN1CC(C)(C)C(=O)c2cccc(CO)c21. The van der Waals surface area contributed by atoms with Crippen molar-refractivity contribution in [2.24, 2.45) is 5.41 Å². The maximum absolute atomic E-state index is 12.4. The second kappa shape index (κ2) is 4.15. The highest BCUT2D eigenvalue weighted by Crippen LogP contribution is 2.38. The van der Waals surface area contributed by atoms with E-state index >= 15 is 0 Å². The lowest BCUT2D eigenvalue weighted by Gasteiger charge is -2.40. The molecule has 92 valence electrons. The van der Waals surface area contributed by atoms with Gasteiger partial charge in [0.15, 0.2) is 5.78 Å². The summed E-state index contributed by atoms with van der Waals surface area (Å²) >= 11 is 0. The molecule has 3 heteroatoms. The van der Waals surface area contributed by atoms with Crippen LogP contribution in [-0.4, -0.2) is 24.0 Å². The van der Waals surface area contributed by atoms with Crippen LogP contribution in [0.5, 0.6) is 0 Å². The number of fused-ring (bicyclic) bond motifs is 1. The van der Waals surface area contributed by atoms with Crippen molar-refractivity contribution in [2.45, 2.75) is 27.4 Å². The van der Waals surface area contributed by atoms with E-state index in [0.29, 0.717) is 6.54 Å². The minimum absolute atomic E-state index is 0.0205. The molecule has 0 spiro atoms. The number of Topliss-reactive ketones (excluding diaryl/α,β-unsaturated/α-hetero) is 1. The molecule has 1 aromatic carbocycles. The zero-order valence-corrected chi connectivity index (χ0v) is 10.7. The fraction of sp³-hybridized carbons (Fsp3) is 0.500. The largest absolute Gasteiger partial charge is 0.392 e. The van der Waals surface area contributed by atoms with Crippen molar-refractivity contribution in [1.82, 2.24) is 0 Å². The number of para-hydroxylation sites is 1. The zero-order valence-electron chi connectivity index (χ0n) is 10.7. The summed E-state index contributed by atoms with van der Waals surface area (Å²) in [5.41, 5.74) is 2.15. The van der Waals surface area contributed by atoms with E-state index in [9.17, 15) is 9.90 Å². The van der Waals surface area contributed by atoms with Gasteiger partial charge in [-0.2, -0.15) is 0 Å². The van der Waals surface area contributed by atoms with Gasteiger partial charge in [-0.1, -0.05) is 26.0 Å². The molecule has 2 rings (SSSR count). The quantitative estimate of drug-likeness (QED) is 0.851. The molecule has 0 aliphatic carbocycles. The van der Waals surface area contributed by atoms with Crippen molar-refractivity contribution in [1.29, 1.82) is 0 Å². The number of aliphatic hydroxyl groups is 1. The van der Waals surface area contributed by atoms with Crippen LogP contribution in [0.15, 0.2) is 18.2 Å². The van der Waals surface area contributed by atoms with Gasteiger partial charge in [0.25, 0.3) is 0 Å². The van der Waals surface area contributed by atoms with Crippen LogP contribution in [0.3, 0.4) is 0 Å². The molecule has 17 heavy (non-hydrogen) atoms. The van der Waals surface area contributed by atoms with E-state index in [1.54, 1.807) is 0 Å². The molecule has 0 unspecified atom stereocenters. The molecule has 0 fully saturated rings. The van der Waals surface area contributed by atoms with Gasteiger partial charge in [0.05, 0.1) is 12.3 Å². The van der Waals surface area contributed by atoms with E-state index in [4.69, 9.17) is 0 Å². The second-order valence-electron chi connectivity index (χ2n) is 5.20.